The lowest BCUT2D eigenvalue weighted by Gasteiger charge is -2.10. The molecule has 1 aromatic carbocycles. The molecule has 0 atom stereocenters. The Morgan fingerprint density at radius 2 is 1.86 bits per heavy atom. The number of aryl methyl sites for hydroxylation is 3. The normalized spacial score (nSPS) is 11.2. The summed E-state index contributed by atoms with van der Waals surface area (Å²) in [6.45, 7) is 8.27. The van der Waals surface area contributed by atoms with E-state index in [-0.39, 0.29) is 11.7 Å². The maximum absolute atomic E-state index is 13.6. The number of anilines is 2. The number of nitrogen functional groups attached to an aromatic ring is 1. The highest BCUT2D eigenvalue weighted by atomic mass is 19.1. The first-order chi connectivity index (χ1) is 9.81. The third-order valence-electron chi connectivity index (χ3n) is 3.62. The summed E-state index contributed by atoms with van der Waals surface area (Å²) in [5.41, 5.74) is 10.1. The summed E-state index contributed by atoms with van der Waals surface area (Å²) < 4.78 is 15.4. The third kappa shape index (κ3) is 3.01. The molecule has 0 aliphatic carbocycles. The standard InChI is InChI=1S/C16H23FN4/c1-9(2)15-14(18)16(21(5)20-15)19-8-12-6-10(3)13(17)11(4)7-12/h6-7,9,19H,8,18H2,1-5H3. The van der Waals surface area contributed by atoms with Crippen LogP contribution in [0.25, 0.3) is 0 Å². The van der Waals surface area contributed by atoms with Crippen molar-refractivity contribution in [3.8, 4) is 0 Å². The zero-order valence-corrected chi connectivity index (χ0v) is 13.3. The van der Waals surface area contributed by atoms with Crippen molar-refractivity contribution in [1.82, 2.24) is 9.78 Å². The lowest BCUT2D eigenvalue weighted by atomic mass is 10.1. The minimum atomic E-state index is -0.138. The Bertz CT molecular complexity index is 636. The lowest BCUT2D eigenvalue weighted by molar-refractivity contribution is 0.608. The van der Waals surface area contributed by atoms with Crippen molar-refractivity contribution in [3.05, 3.63) is 40.3 Å². The molecule has 0 aliphatic rings. The summed E-state index contributed by atoms with van der Waals surface area (Å²) in [7, 11) is 1.87. The van der Waals surface area contributed by atoms with Gasteiger partial charge in [0.25, 0.3) is 0 Å². The Kier molecular flexibility index (Phi) is 4.21. The van der Waals surface area contributed by atoms with Gasteiger partial charge in [0.1, 0.15) is 11.6 Å². The molecule has 0 unspecified atom stereocenters. The van der Waals surface area contributed by atoms with Crippen LogP contribution in [-0.2, 0) is 13.6 Å². The number of hydrogen-bond acceptors (Lipinski definition) is 3. The Labute approximate surface area is 125 Å². The highest BCUT2D eigenvalue weighted by Gasteiger charge is 2.15. The van der Waals surface area contributed by atoms with E-state index in [2.05, 4.69) is 24.3 Å². The van der Waals surface area contributed by atoms with Gasteiger partial charge in [0.15, 0.2) is 0 Å². The van der Waals surface area contributed by atoms with Gasteiger partial charge in [0.2, 0.25) is 0 Å². The van der Waals surface area contributed by atoms with Crippen molar-refractivity contribution in [2.75, 3.05) is 11.1 Å². The van der Waals surface area contributed by atoms with Crippen LogP contribution in [0.3, 0.4) is 0 Å². The maximum atomic E-state index is 13.6. The zero-order valence-electron chi connectivity index (χ0n) is 13.3. The van der Waals surface area contributed by atoms with E-state index >= 15 is 0 Å². The average Bonchev–Trinajstić information content (AvgIpc) is 2.69. The highest BCUT2D eigenvalue weighted by Crippen LogP contribution is 2.28. The average molecular weight is 290 g/mol. The van der Waals surface area contributed by atoms with Crippen LogP contribution >= 0.6 is 0 Å². The lowest BCUT2D eigenvalue weighted by Crippen LogP contribution is -2.07. The molecular weight excluding hydrogens is 267 g/mol. The molecule has 3 N–H and O–H groups in total. The molecule has 0 spiro atoms. The molecule has 0 saturated carbocycles. The van der Waals surface area contributed by atoms with Crippen LogP contribution in [0.2, 0.25) is 0 Å². The number of nitrogens with two attached hydrogens (primary N) is 1. The van der Waals surface area contributed by atoms with Crippen molar-refractivity contribution >= 4 is 11.5 Å². The summed E-state index contributed by atoms with van der Waals surface area (Å²) in [4.78, 5) is 0. The highest BCUT2D eigenvalue weighted by molar-refractivity contribution is 5.65. The first kappa shape index (κ1) is 15.4. The SMILES string of the molecule is Cc1cc(CNc2c(N)c(C(C)C)nn2C)cc(C)c1F. The van der Waals surface area contributed by atoms with E-state index in [9.17, 15) is 4.39 Å². The molecule has 0 radical (unpaired) electrons. The molecule has 0 amide bonds. The zero-order chi connectivity index (χ0) is 15.7. The van der Waals surface area contributed by atoms with E-state index in [0.717, 1.165) is 17.1 Å². The van der Waals surface area contributed by atoms with Gasteiger partial charge < -0.3 is 11.1 Å². The quantitative estimate of drug-likeness (QED) is 0.906. The van der Waals surface area contributed by atoms with Crippen LogP contribution in [0.5, 0.6) is 0 Å². The Morgan fingerprint density at radius 3 is 2.33 bits per heavy atom. The monoisotopic (exact) mass is 290 g/mol. The van der Waals surface area contributed by atoms with Crippen molar-refractivity contribution < 1.29 is 4.39 Å². The van der Waals surface area contributed by atoms with E-state index in [1.54, 1.807) is 18.5 Å². The van der Waals surface area contributed by atoms with E-state index in [1.807, 2.05) is 19.2 Å². The molecule has 0 saturated heterocycles. The molecule has 0 fully saturated rings. The predicted molar refractivity (Wildman–Crippen MR) is 84.9 cm³/mol. The first-order valence-electron chi connectivity index (χ1n) is 7.13. The number of hydrogen-bond donors (Lipinski definition) is 2. The molecular formula is C16H23FN4. The summed E-state index contributed by atoms with van der Waals surface area (Å²) in [6.07, 6.45) is 0. The minimum absolute atomic E-state index is 0.138. The molecule has 4 nitrogen and oxygen atoms in total. The first-order valence-corrected chi connectivity index (χ1v) is 7.13. The topological polar surface area (TPSA) is 55.9 Å². The fourth-order valence-corrected chi connectivity index (χ4v) is 2.52. The van der Waals surface area contributed by atoms with Crippen LogP contribution in [-0.4, -0.2) is 9.78 Å². The fraction of sp³-hybridized carbons (Fsp3) is 0.438. The third-order valence-corrected chi connectivity index (χ3v) is 3.62. The largest absolute Gasteiger partial charge is 0.394 e. The van der Waals surface area contributed by atoms with Crippen LogP contribution in [0, 0.1) is 19.7 Å². The Hall–Kier alpha value is -2.04. The number of benzene rings is 1. The van der Waals surface area contributed by atoms with Gasteiger partial charge in [0, 0.05) is 13.6 Å². The van der Waals surface area contributed by atoms with Crippen LogP contribution in [0.15, 0.2) is 12.1 Å². The second-order valence-electron chi connectivity index (χ2n) is 5.82. The number of rotatable bonds is 4. The van der Waals surface area contributed by atoms with E-state index in [0.29, 0.717) is 23.4 Å². The summed E-state index contributed by atoms with van der Waals surface area (Å²) in [5.74, 6) is 0.946. The van der Waals surface area contributed by atoms with E-state index in [4.69, 9.17) is 5.73 Å². The van der Waals surface area contributed by atoms with Crippen LogP contribution in [0.4, 0.5) is 15.9 Å². The number of nitrogens with one attached hydrogen (secondary N) is 1. The van der Waals surface area contributed by atoms with Crippen LogP contribution in [0.1, 0.15) is 42.1 Å². The molecule has 0 aliphatic heterocycles. The van der Waals surface area contributed by atoms with Crippen molar-refractivity contribution in [2.24, 2.45) is 7.05 Å². The smallest absolute Gasteiger partial charge is 0.148 e. The second kappa shape index (κ2) is 5.76. The molecule has 1 aromatic heterocycles. The maximum Gasteiger partial charge on any atom is 0.148 e. The molecule has 2 rings (SSSR count). The molecule has 21 heavy (non-hydrogen) atoms. The van der Waals surface area contributed by atoms with Gasteiger partial charge in [-0.25, -0.2) is 4.39 Å². The summed E-state index contributed by atoms with van der Waals surface area (Å²) >= 11 is 0. The molecule has 1 heterocycles. The number of halogens is 1. The van der Waals surface area contributed by atoms with Crippen molar-refractivity contribution in [3.63, 3.8) is 0 Å². The van der Waals surface area contributed by atoms with Gasteiger partial charge in [-0.05, 0) is 36.5 Å². The van der Waals surface area contributed by atoms with E-state index in [1.165, 1.54) is 0 Å². The fourth-order valence-electron chi connectivity index (χ4n) is 2.52. The summed E-state index contributed by atoms with van der Waals surface area (Å²) in [5, 5.41) is 7.74. The number of nitrogens with zero attached hydrogens (tertiary/aromatic N) is 2. The predicted octanol–water partition coefficient (Wildman–Crippen LogP) is 3.49. The van der Waals surface area contributed by atoms with Crippen LogP contribution < -0.4 is 11.1 Å². The summed E-state index contributed by atoms with van der Waals surface area (Å²) in [6, 6.07) is 3.70. The van der Waals surface area contributed by atoms with Gasteiger partial charge in [-0.15, -0.1) is 0 Å². The Morgan fingerprint density at radius 1 is 1.29 bits per heavy atom. The molecule has 2 aromatic rings. The van der Waals surface area contributed by atoms with Gasteiger partial charge in [-0.3, -0.25) is 4.68 Å². The molecule has 5 heteroatoms. The van der Waals surface area contributed by atoms with Gasteiger partial charge in [0.05, 0.1) is 11.4 Å². The van der Waals surface area contributed by atoms with Gasteiger partial charge in [-0.2, -0.15) is 5.10 Å². The van der Waals surface area contributed by atoms with Gasteiger partial charge >= 0.3 is 0 Å². The van der Waals surface area contributed by atoms with E-state index < -0.39 is 0 Å². The minimum Gasteiger partial charge on any atom is -0.394 e. The second-order valence-corrected chi connectivity index (χ2v) is 5.82. The Balaban J connectivity index is 2.21. The number of aromatic nitrogens is 2. The van der Waals surface area contributed by atoms with Crippen molar-refractivity contribution in [2.45, 2.75) is 40.2 Å². The van der Waals surface area contributed by atoms with Gasteiger partial charge in [-0.1, -0.05) is 26.0 Å². The molecule has 114 valence electrons. The molecule has 0 bridgehead atoms. The van der Waals surface area contributed by atoms with Crippen molar-refractivity contribution in [1.29, 1.82) is 0 Å².